The van der Waals surface area contributed by atoms with Crippen LogP contribution in [0.5, 0.6) is 5.75 Å². The molecule has 1 amide bonds. The van der Waals surface area contributed by atoms with Crippen molar-refractivity contribution < 1.29 is 18.7 Å². The van der Waals surface area contributed by atoms with E-state index in [-0.39, 0.29) is 17.1 Å². The molecule has 6 heteroatoms. The van der Waals surface area contributed by atoms with Crippen molar-refractivity contribution >= 4 is 16.9 Å². The number of methoxy groups -OCH3 is 1. The lowest BCUT2D eigenvalue weighted by molar-refractivity contribution is 0.0663. The summed E-state index contributed by atoms with van der Waals surface area (Å²) in [7, 11) is 1.59. The second-order valence-corrected chi connectivity index (χ2v) is 7.84. The Balaban J connectivity index is 1.80. The van der Waals surface area contributed by atoms with Crippen LogP contribution in [0.3, 0.4) is 0 Å². The van der Waals surface area contributed by atoms with Gasteiger partial charge in [-0.1, -0.05) is 37.1 Å². The predicted molar refractivity (Wildman–Crippen MR) is 119 cm³/mol. The van der Waals surface area contributed by atoms with E-state index in [0.717, 1.165) is 29.7 Å². The van der Waals surface area contributed by atoms with Gasteiger partial charge in [-0.15, -0.1) is 0 Å². The summed E-state index contributed by atoms with van der Waals surface area (Å²) >= 11 is 0. The van der Waals surface area contributed by atoms with E-state index in [4.69, 9.17) is 13.9 Å². The van der Waals surface area contributed by atoms with Gasteiger partial charge in [0, 0.05) is 13.7 Å². The van der Waals surface area contributed by atoms with Crippen LogP contribution in [0.4, 0.5) is 0 Å². The van der Waals surface area contributed by atoms with Gasteiger partial charge in [0.1, 0.15) is 11.3 Å². The Morgan fingerprint density at radius 3 is 2.55 bits per heavy atom. The average Bonchev–Trinajstić information content (AvgIpc) is 3.05. The molecule has 31 heavy (non-hydrogen) atoms. The number of benzene rings is 2. The highest BCUT2D eigenvalue weighted by Gasteiger charge is 2.42. The third-order valence-corrected chi connectivity index (χ3v) is 5.62. The Morgan fingerprint density at radius 2 is 1.84 bits per heavy atom. The summed E-state index contributed by atoms with van der Waals surface area (Å²) in [6.07, 6.45) is 2.06. The number of unbranched alkanes of at least 4 members (excludes halogenated alkanes) is 1. The highest BCUT2D eigenvalue weighted by molar-refractivity contribution is 5.99. The zero-order valence-electron chi connectivity index (χ0n) is 18.1. The fraction of sp³-hybridized carbons (Fsp3) is 0.360. The minimum absolute atomic E-state index is 0.116. The van der Waals surface area contributed by atoms with E-state index in [1.54, 1.807) is 18.1 Å². The Hall–Kier alpha value is -3.12. The van der Waals surface area contributed by atoms with Gasteiger partial charge in [0.05, 0.1) is 30.2 Å². The Morgan fingerprint density at radius 1 is 1.06 bits per heavy atom. The van der Waals surface area contributed by atoms with Gasteiger partial charge in [-0.25, -0.2) is 0 Å². The zero-order chi connectivity index (χ0) is 22.0. The van der Waals surface area contributed by atoms with Crippen molar-refractivity contribution in [1.82, 2.24) is 4.90 Å². The molecule has 3 aromatic rings. The number of hydrogen-bond acceptors (Lipinski definition) is 5. The van der Waals surface area contributed by atoms with Gasteiger partial charge in [-0.05, 0) is 43.2 Å². The van der Waals surface area contributed by atoms with Crippen molar-refractivity contribution in [3.05, 3.63) is 75.1 Å². The number of carbonyl (C=O) groups excluding carboxylic acids is 1. The highest BCUT2D eigenvalue weighted by Crippen LogP contribution is 2.38. The molecular formula is C25H27NO5. The summed E-state index contributed by atoms with van der Waals surface area (Å²) < 4.78 is 16.9. The van der Waals surface area contributed by atoms with Crippen molar-refractivity contribution in [2.75, 3.05) is 26.9 Å². The molecule has 6 nitrogen and oxygen atoms in total. The zero-order valence-corrected chi connectivity index (χ0v) is 18.1. The lowest BCUT2D eigenvalue weighted by Gasteiger charge is -2.25. The second-order valence-electron chi connectivity index (χ2n) is 7.84. The first-order valence-electron chi connectivity index (χ1n) is 10.6. The predicted octanol–water partition coefficient (Wildman–Crippen LogP) is 4.47. The van der Waals surface area contributed by atoms with Gasteiger partial charge in [-0.2, -0.15) is 0 Å². The first kappa shape index (κ1) is 21.1. The fourth-order valence-corrected chi connectivity index (χ4v) is 3.98. The normalized spacial score (nSPS) is 15.5. The molecule has 0 N–H and O–H groups in total. The molecule has 0 bridgehead atoms. The lowest BCUT2D eigenvalue weighted by Crippen LogP contribution is -2.32. The largest absolute Gasteiger partial charge is 0.494 e. The standard InChI is InChI=1S/C25H27NO5/c1-4-5-13-30-18-9-7-17(8-10-18)22-21-23(27)19-15-16(2)6-11-20(19)31-24(21)25(28)26(22)12-14-29-3/h6-11,15,22H,4-5,12-14H2,1-3H3. The molecule has 162 valence electrons. The summed E-state index contributed by atoms with van der Waals surface area (Å²) in [5.41, 5.74) is 2.45. The van der Waals surface area contributed by atoms with Gasteiger partial charge in [-0.3, -0.25) is 9.59 Å². The van der Waals surface area contributed by atoms with Crippen molar-refractivity contribution in [2.45, 2.75) is 32.7 Å². The Labute approximate surface area is 181 Å². The van der Waals surface area contributed by atoms with E-state index in [1.165, 1.54) is 0 Å². The first-order valence-corrected chi connectivity index (χ1v) is 10.6. The van der Waals surface area contributed by atoms with E-state index in [0.29, 0.717) is 36.3 Å². The summed E-state index contributed by atoms with van der Waals surface area (Å²) in [5, 5.41) is 0.490. The molecule has 1 atom stereocenters. The summed E-state index contributed by atoms with van der Waals surface area (Å²) in [5.74, 6) is 0.594. The molecule has 0 radical (unpaired) electrons. The maximum absolute atomic E-state index is 13.5. The van der Waals surface area contributed by atoms with Crippen LogP contribution < -0.4 is 10.2 Å². The third kappa shape index (κ3) is 3.95. The molecule has 0 fully saturated rings. The van der Waals surface area contributed by atoms with Crippen molar-refractivity contribution in [3.63, 3.8) is 0 Å². The molecular weight excluding hydrogens is 394 g/mol. The number of amides is 1. The molecule has 0 saturated carbocycles. The number of rotatable bonds is 8. The Bertz CT molecular complexity index is 1150. The van der Waals surface area contributed by atoms with Crippen LogP contribution in [0, 0.1) is 6.92 Å². The smallest absolute Gasteiger partial charge is 0.290 e. The maximum atomic E-state index is 13.5. The molecule has 0 aliphatic carbocycles. The van der Waals surface area contributed by atoms with Gasteiger partial charge in [0.25, 0.3) is 5.91 Å². The van der Waals surface area contributed by atoms with E-state index in [2.05, 4.69) is 6.92 Å². The van der Waals surface area contributed by atoms with Crippen LogP contribution in [-0.4, -0.2) is 37.7 Å². The fourth-order valence-electron chi connectivity index (χ4n) is 3.98. The highest BCUT2D eigenvalue weighted by atomic mass is 16.5. The average molecular weight is 421 g/mol. The Kier molecular flexibility index (Phi) is 6.09. The summed E-state index contributed by atoms with van der Waals surface area (Å²) in [4.78, 5) is 28.3. The molecule has 2 aromatic carbocycles. The number of ether oxygens (including phenoxy) is 2. The number of carbonyl (C=O) groups is 1. The first-order chi connectivity index (χ1) is 15.0. The maximum Gasteiger partial charge on any atom is 0.290 e. The quantitative estimate of drug-likeness (QED) is 0.502. The van der Waals surface area contributed by atoms with Crippen LogP contribution >= 0.6 is 0 Å². The third-order valence-electron chi connectivity index (χ3n) is 5.62. The van der Waals surface area contributed by atoms with Gasteiger partial charge >= 0.3 is 0 Å². The number of hydrogen-bond donors (Lipinski definition) is 0. The van der Waals surface area contributed by atoms with Crippen LogP contribution in [0.25, 0.3) is 11.0 Å². The van der Waals surface area contributed by atoms with Crippen LogP contribution in [0.15, 0.2) is 51.7 Å². The van der Waals surface area contributed by atoms with Crippen molar-refractivity contribution in [2.24, 2.45) is 0 Å². The van der Waals surface area contributed by atoms with Crippen molar-refractivity contribution in [3.8, 4) is 5.75 Å². The second kappa shape index (κ2) is 8.94. The molecule has 1 unspecified atom stereocenters. The van der Waals surface area contributed by atoms with E-state index in [1.807, 2.05) is 43.3 Å². The lowest BCUT2D eigenvalue weighted by atomic mass is 9.98. The van der Waals surface area contributed by atoms with Crippen molar-refractivity contribution in [1.29, 1.82) is 0 Å². The number of fused-ring (bicyclic) bond motifs is 2. The topological polar surface area (TPSA) is 69.0 Å². The van der Waals surface area contributed by atoms with E-state index < -0.39 is 6.04 Å². The molecule has 1 aliphatic heterocycles. The molecule has 1 aliphatic rings. The molecule has 0 spiro atoms. The van der Waals surface area contributed by atoms with Crippen LogP contribution in [-0.2, 0) is 4.74 Å². The minimum atomic E-state index is -0.525. The summed E-state index contributed by atoms with van der Waals surface area (Å²) in [6.45, 7) is 5.42. The monoisotopic (exact) mass is 421 g/mol. The van der Waals surface area contributed by atoms with Gasteiger partial charge in [0.2, 0.25) is 5.76 Å². The summed E-state index contributed by atoms with van der Waals surface area (Å²) in [6, 6.07) is 12.5. The van der Waals surface area contributed by atoms with E-state index in [9.17, 15) is 9.59 Å². The number of aryl methyl sites for hydroxylation is 1. The van der Waals surface area contributed by atoms with Gasteiger partial charge < -0.3 is 18.8 Å². The molecule has 4 rings (SSSR count). The molecule has 2 heterocycles. The van der Waals surface area contributed by atoms with Gasteiger partial charge in [0.15, 0.2) is 5.43 Å². The molecule has 0 saturated heterocycles. The minimum Gasteiger partial charge on any atom is -0.494 e. The van der Waals surface area contributed by atoms with Crippen LogP contribution in [0.2, 0.25) is 0 Å². The SMILES string of the molecule is CCCCOc1ccc(C2c3c(oc4ccc(C)cc4c3=O)C(=O)N2CCOC)cc1. The molecule has 1 aromatic heterocycles. The van der Waals surface area contributed by atoms with Crippen LogP contribution in [0.1, 0.15) is 53.1 Å². The number of nitrogens with zero attached hydrogens (tertiary/aromatic N) is 1. The van der Waals surface area contributed by atoms with E-state index >= 15 is 0 Å².